The fourth-order valence-electron chi connectivity index (χ4n) is 1.01. The van der Waals surface area contributed by atoms with Gasteiger partial charge in [-0.05, 0) is 0 Å². The maximum absolute atomic E-state index is 10.9. The molecule has 0 aromatic carbocycles. The van der Waals surface area contributed by atoms with E-state index in [1.807, 2.05) is 5.38 Å². The third-order valence-corrected chi connectivity index (χ3v) is 2.18. The zero-order valence-corrected chi connectivity index (χ0v) is 7.34. The minimum absolute atomic E-state index is 0.297. The van der Waals surface area contributed by atoms with E-state index in [1.165, 1.54) is 17.5 Å². The zero-order valence-electron chi connectivity index (χ0n) is 6.52. The SMILES string of the molecule is NC(=O)c1[nH]ncc1-c1cscn1. The van der Waals surface area contributed by atoms with Gasteiger partial charge in [0.25, 0.3) is 5.91 Å². The van der Waals surface area contributed by atoms with Gasteiger partial charge in [-0.2, -0.15) is 5.10 Å². The fraction of sp³-hybridized carbons (Fsp3) is 0. The van der Waals surface area contributed by atoms with Gasteiger partial charge in [-0.15, -0.1) is 11.3 Å². The number of hydrogen-bond donors (Lipinski definition) is 2. The molecule has 2 rings (SSSR count). The van der Waals surface area contributed by atoms with Crippen molar-refractivity contribution in [2.45, 2.75) is 0 Å². The number of rotatable bonds is 2. The van der Waals surface area contributed by atoms with Crippen LogP contribution in [0.5, 0.6) is 0 Å². The molecule has 0 spiro atoms. The first kappa shape index (κ1) is 7.93. The second kappa shape index (κ2) is 2.98. The number of carbonyl (C=O) groups excluding carboxylic acids is 1. The second-order valence-corrected chi connectivity index (χ2v) is 3.12. The molecule has 0 aliphatic rings. The number of amides is 1. The highest BCUT2D eigenvalue weighted by molar-refractivity contribution is 7.07. The van der Waals surface area contributed by atoms with E-state index in [-0.39, 0.29) is 0 Å². The summed E-state index contributed by atoms with van der Waals surface area (Å²) >= 11 is 1.45. The van der Waals surface area contributed by atoms with Crippen LogP contribution in [-0.2, 0) is 0 Å². The molecule has 2 aromatic rings. The van der Waals surface area contributed by atoms with Gasteiger partial charge < -0.3 is 5.73 Å². The number of aromatic amines is 1. The topological polar surface area (TPSA) is 84.7 Å². The van der Waals surface area contributed by atoms with E-state index in [0.29, 0.717) is 17.0 Å². The van der Waals surface area contributed by atoms with Crippen LogP contribution in [0.2, 0.25) is 0 Å². The largest absolute Gasteiger partial charge is 0.364 e. The summed E-state index contributed by atoms with van der Waals surface area (Å²) in [6, 6.07) is 0. The quantitative estimate of drug-likeness (QED) is 0.735. The summed E-state index contributed by atoms with van der Waals surface area (Å²) < 4.78 is 0. The molecule has 0 fully saturated rings. The van der Waals surface area contributed by atoms with E-state index >= 15 is 0 Å². The molecule has 2 heterocycles. The maximum atomic E-state index is 10.9. The van der Waals surface area contributed by atoms with Crippen LogP contribution in [0.4, 0.5) is 0 Å². The van der Waals surface area contributed by atoms with Crippen molar-refractivity contribution >= 4 is 17.2 Å². The van der Waals surface area contributed by atoms with Gasteiger partial charge in [-0.1, -0.05) is 0 Å². The first-order chi connectivity index (χ1) is 6.29. The van der Waals surface area contributed by atoms with Crippen molar-refractivity contribution in [3.63, 3.8) is 0 Å². The maximum Gasteiger partial charge on any atom is 0.267 e. The second-order valence-electron chi connectivity index (χ2n) is 2.40. The molecule has 1 amide bonds. The predicted molar refractivity (Wildman–Crippen MR) is 48.2 cm³/mol. The Labute approximate surface area is 77.6 Å². The van der Waals surface area contributed by atoms with E-state index < -0.39 is 5.91 Å². The number of carbonyl (C=O) groups is 1. The minimum Gasteiger partial charge on any atom is -0.364 e. The Morgan fingerprint density at radius 1 is 1.62 bits per heavy atom. The molecule has 3 N–H and O–H groups in total. The normalized spacial score (nSPS) is 10.2. The van der Waals surface area contributed by atoms with Crippen LogP contribution in [-0.4, -0.2) is 21.1 Å². The molecule has 0 atom stereocenters. The van der Waals surface area contributed by atoms with Crippen LogP contribution in [0.1, 0.15) is 10.5 Å². The lowest BCUT2D eigenvalue weighted by atomic mass is 10.2. The van der Waals surface area contributed by atoms with Crippen molar-refractivity contribution in [3.8, 4) is 11.3 Å². The van der Waals surface area contributed by atoms with E-state index in [9.17, 15) is 4.79 Å². The molecule has 0 aliphatic carbocycles. The van der Waals surface area contributed by atoms with Crippen LogP contribution in [0, 0.1) is 0 Å². The molecule has 66 valence electrons. The third-order valence-electron chi connectivity index (χ3n) is 1.59. The van der Waals surface area contributed by atoms with E-state index in [4.69, 9.17) is 5.73 Å². The molecule has 0 aliphatic heterocycles. The Bertz CT molecular complexity index is 419. The Balaban J connectivity index is 2.52. The van der Waals surface area contributed by atoms with E-state index in [1.54, 1.807) is 5.51 Å². The fourth-order valence-corrected chi connectivity index (χ4v) is 1.57. The van der Waals surface area contributed by atoms with Crippen LogP contribution < -0.4 is 5.73 Å². The molecule has 0 unspecified atom stereocenters. The molecular formula is C7H6N4OS. The summed E-state index contributed by atoms with van der Waals surface area (Å²) in [5.41, 5.74) is 8.48. The number of H-pyrrole nitrogens is 1. The first-order valence-electron chi connectivity index (χ1n) is 3.51. The van der Waals surface area contributed by atoms with Gasteiger partial charge in [0.2, 0.25) is 0 Å². The summed E-state index contributed by atoms with van der Waals surface area (Å²) in [4.78, 5) is 15.0. The summed E-state index contributed by atoms with van der Waals surface area (Å²) in [5.74, 6) is -0.527. The van der Waals surface area contributed by atoms with Crippen LogP contribution in [0.15, 0.2) is 17.1 Å². The molecule has 6 heteroatoms. The smallest absolute Gasteiger partial charge is 0.267 e. The Kier molecular flexibility index (Phi) is 1.82. The predicted octanol–water partition coefficient (Wildman–Crippen LogP) is 0.632. The Morgan fingerprint density at radius 2 is 2.46 bits per heavy atom. The van der Waals surface area contributed by atoms with Crippen molar-refractivity contribution in [2.24, 2.45) is 5.73 Å². The average Bonchev–Trinajstić information content (AvgIpc) is 2.74. The number of hydrogen-bond acceptors (Lipinski definition) is 4. The molecule has 0 radical (unpaired) electrons. The highest BCUT2D eigenvalue weighted by atomic mass is 32.1. The van der Waals surface area contributed by atoms with Crippen molar-refractivity contribution in [1.29, 1.82) is 0 Å². The van der Waals surface area contributed by atoms with E-state index in [2.05, 4.69) is 15.2 Å². The summed E-state index contributed by atoms with van der Waals surface area (Å²) in [6.45, 7) is 0. The van der Waals surface area contributed by atoms with Crippen molar-refractivity contribution in [1.82, 2.24) is 15.2 Å². The van der Waals surface area contributed by atoms with Gasteiger partial charge in [0.15, 0.2) is 0 Å². The first-order valence-corrected chi connectivity index (χ1v) is 4.45. The lowest BCUT2D eigenvalue weighted by molar-refractivity contribution is 0.0996. The molecule has 0 bridgehead atoms. The summed E-state index contributed by atoms with van der Waals surface area (Å²) in [7, 11) is 0. The van der Waals surface area contributed by atoms with Gasteiger partial charge in [-0.25, -0.2) is 4.98 Å². The van der Waals surface area contributed by atoms with Gasteiger partial charge in [0, 0.05) is 5.38 Å². The van der Waals surface area contributed by atoms with Gasteiger partial charge in [0.05, 0.1) is 23.0 Å². The molecule has 5 nitrogen and oxygen atoms in total. The Hall–Kier alpha value is -1.69. The highest BCUT2D eigenvalue weighted by Crippen LogP contribution is 2.20. The molecule has 0 saturated carbocycles. The minimum atomic E-state index is -0.527. The number of nitrogens with zero attached hydrogens (tertiary/aromatic N) is 2. The van der Waals surface area contributed by atoms with E-state index in [0.717, 1.165) is 0 Å². The number of primary amides is 1. The lowest BCUT2D eigenvalue weighted by Gasteiger charge is -1.93. The number of nitrogens with two attached hydrogens (primary N) is 1. The average molecular weight is 194 g/mol. The summed E-state index contributed by atoms with van der Waals surface area (Å²) in [5, 5.41) is 8.10. The van der Waals surface area contributed by atoms with Crippen molar-refractivity contribution in [3.05, 3.63) is 22.8 Å². The molecular weight excluding hydrogens is 188 g/mol. The lowest BCUT2D eigenvalue weighted by Crippen LogP contribution is -2.12. The number of thiazole rings is 1. The van der Waals surface area contributed by atoms with Gasteiger partial charge in [0.1, 0.15) is 5.69 Å². The van der Waals surface area contributed by atoms with Crippen LogP contribution in [0.3, 0.4) is 0 Å². The molecule has 13 heavy (non-hydrogen) atoms. The highest BCUT2D eigenvalue weighted by Gasteiger charge is 2.12. The van der Waals surface area contributed by atoms with Crippen molar-refractivity contribution < 1.29 is 4.79 Å². The van der Waals surface area contributed by atoms with Gasteiger partial charge in [-0.3, -0.25) is 9.89 Å². The molecule has 2 aromatic heterocycles. The monoisotopic (exact) mass is 194 g/mol. The molecule has 0 saturated heterocycles. The van der Waals surface area contributed by atoms with Gasteiger partial charge >= 0.3 is 0 Å². The number of aromatic nitrogens is 3. The Morgan fingerprint density at radius 3 is 3.08 bits per heavy atom. The third kappa shape index (κ3) is 1.31. The summed E-state index contributed by atoms with van der Waals surface area (Å²) in [6.07, 6.45) is 1.54. The number of nitrogens with one attached hydrogen (secondary N) is 1. The zero-order chi connectivity index (χ0) is 9.26. The van der Waals surface area contributed by atoms with Crippen LogP contribution in [0.25, 0.3) is 11.3 Å². The van der Waals surface area contributed by atoms with Crippen molar-refractivity contribution in [2.75, 3.05) is 0 Å². The standard InChI is InChI=1S/C7H6N4OS/c8-7(12)6-4(1-10-11-6)5-2-13-3-9-5/h1-3H,(H2,8,12)(H,10,11). The van der Waals surface area contributed by atoms with Crippen LogP contribution >= 0.6 is 11.3 Å².